The van der Waals surface area contributed by atoms with Gasteiger partial charge < -0.3 is 14.5 Å². The molecule has 3 heterocycles. The Balaban J connectivity index is 1.60. The molecule has 2 fully saturated rings. The van der Waals surface area contributed by atoms with Crippen molar-refractivity contribution in [2.45, 2.75) is 12.6 Å². The van der Waals surface area contributed by atoms with Crippen LogP contribution in [0.2, 0.25) is 0 Å². The number of nitriles is 1. The van der Waals surface area contributed by atoms with E-state index < -0.39 is 11.7 Å². The fraction of sp³-hybridized carbons (Fsp3) is 0.476. The topological polar surface area (TPSA) is 69.5 Å². The first kappa shape index (κ1) is 21.6. The number of rotatable bonds is 4. The number of carbonyl (C=O) groups excluding carboxylic acids is 1. The molecule has 1 aromatic carbocycles. The van der Waals surface area contributed by atoms with Crippen LogP contribution < -0.4 is 4.90 Å². The van der Waals surface area contributed by atoms with Gasteiger partial charge in [0.25, 0.3) is 5.91 Å². The molecule has 0 radical (unpaired) electrons. The monoisotopic (exact) mass is 450 g/mol. The highest BCUT2D eigenvalue weighted by atomic mass is 32.1. The summed E-state index contributed by atoms with van der Waals surface area (Å²) in [7, 11) is 1.62. The Hall–Kier alpha value is -2.64. The number of hydrogen-bond acceptors (Lipinski definition) is 6. The zero-order chi connectivity index (χ0) is 22.2. The Bertz CT molecular complexity index is 1010. The second kappa shape index (κ2) is 8.13. The number of benzene rings is 1. The van der Waals surface area contributed by atoms with E-state index in [1.807, 2.05) is 4.90 Å². The Morgan fingerprint density at radius 1 is 1.42 bits per heavy atom. The third-order valence-electron chi connectivity index (χ3n) is 6.30. The van der Waals surface area contributed by atoms with Crippen molar-refractivity contribution in [3.8, 4) is 6.07 Å². The van der Waals surface area contributed by atoms with Crippen LogP contribution in [0.5, 0.6) is 0 Å². The highest BCUT2D eigenvalue weighted by Crippen LogP contribution is 2.45. The molecule has 2 aliphatic rings. The standard InChI is InChI=1S/C21H21F3N4O2S/c1-30-12-20-4-5-27(19(29)18-10-31-13-26-18)8-15(20)9-28(11-20)16-3-2-14(7-25)17(6-16)21(22,23)24/h2-3,6,10,13,15H,4-5,8-9,11-12H2,1H3/t15-,20+/m1/s1. The lowest BCUT2D eigenvalue weighted by atomic mass is 9.73. The number of methoxy groups -OCH3 is 1. The van der Waals surface area contributed by atoms with Crippen molar-refractivity contribution < 1.29 is 22.7 Å². The van der Waals surface area contributed by atoms with Crippen LogP contribution in [-0.2, 0) is 10.9 Å². The van der Waals surface area contributed by atoms with E-state index in [0.717, 1.165) is 6.07 Å². The van der Waals surface area contributed by atoms with Crippen molar-refractivity contribution in [1.82, 2.24) is 9.88 Å². The maximum atomic E-state index is 13.4. The lowest BCUT2D eigenvalue weighted by Crippen LogP contribution is -2.50. The molecule has 0 unspecified atom stereocenters. The van der Waals surface area contributed by atoms with E-state index in [9.17, 15) is 18.0 Å². The van der Waals surface area contributed by atoms with Crippen molar-refractivity contribution in [2.24, 2.45) is 11.3 Å². The number of nitrogens with zero attached hydrogens (tertiary/aromatic N) is 4. The van der Waals surface area contributed by atoms with Crippen molar-refractivity contribution in [3.63, 3.8) is 0 Å². The van der Waals surface area contributed by atoms with Gasteiger partial charge in [-0.15, -0.1) is 11.3 Å². The quantitative estimate of drug-likeness (QED) is 0.711. The summed E-state index contributed by atoms with van der Waals surface area (Å²) in [4.78, 5) is 20.5. The lowest BCUT2D eigenvalue weighted by Gasteiger charge is -2.42. The maximum Gasteiger partial charge on any atom is 0.417 e. The second-order valence-electron chi connectivity index (χ2n) is 8.09. The molecule has 31 heavy (non-hydrogen) atoms. The summed E-state index contributed by atoms with van der Waals surface area (Å²) in [6.45, 7) is 2.56. The first-order valence-electron chi connectivity index (χ1n) is 9.80. The van der Waals surface area contributed by atoms with Gasteiger partial charge in [-0.25, -0.2) is 4.98 Å². The van der Waals surface area contributed by atoms with Crippen LogP contribution in [0.3, 0.4) is 0 Å². The zero-order valence-corrected chi connectivity index (χ0v) is 17.7. The van der Waals surface area contributed by atoms with E-state index >= 15 is 0 Å². The largest absolute Gasteiger partial charge is 0.417 e. The van der Waals surface area contributed by atoms with Gasteiger partial charge in [-0.1, -0.05) is 0 Å². The van der Waals surface area contributed by atoms with Crippen molar-refractivity contribution in [2.75, 3.05) is 44.8 Å². The minimum atomic E-state index is -4.60. The summed E-state index contributed by atoms with van der Waals surface area (Å²) in [5.41, 5.74) is 0.893. The molecule has 1 amide bonds. The number of anilines is 1. The van der Waals surface area contributed by atoms with Gasteiger partial charge in [0.1, 0.15) is 5.69 Å². The number of alkyl halides is 3. The molecule has 164 valence electrons. The summed E-state index contributed by atoms with van der Waals surface area (Å²) in [6.07, 6.45) is -3.91. The Morgan fingerprint density at radius 2 is 2.23 bits per heavy atom. The molecular formula is C21H21F3N4O2S. The van der Waals surface area contributed by atoms with E-state index in [1.165, 1.54) is 17.4 Å². The van der Waals surface area contributed by atoms with Crippen LogP contribution in [0.1, 0.15) is 28.0 Å². The van der Waals surface area contributed by atoms with Crippen LogP contribution >= 0.6 is 11.3 Å². The maximum absolute atomic E-state index is 13.4. The number of likely N-dealkylation sites (tertiary alicyclic amines) is 1. The molecule has 2 aliphatic heterocycles. The Kier molecular flexibility index (Phi) is 5.66. The number of carbonyl (C=O) groups is 1. The highest BCUT2D eigenvalue weighted by Gasteiger charge is 2.50. The molecule has 0 N–H and O–H groups in total. The van der Waals surface area contributed by atoms with Crippen LogP contribution in [0, 0.1) is 22.7 Å². The lowest BCUT2D eigenvalue weighted by molar-refractivity contribution is -0.137. The molecule has 0 aliphatic carbocycles. The molecule has 2 saturated heterocycles. The van der Waals surface area contributed by atoms with Crippen molar-refractivity contribution >= 4 is 22.9 Å². The zero-order valence-electron chi connectivity index (χ0n) is 16.9. The third kappa shape index (κ3) is 4.00. The Morgan fingerprint density at radius 3 is 2.87 bits per heavy atom. The number of piperidine rings is 1. The van der Waals surface area contributed by atoms with Gasteiger partial charge in [0.05, 0.1) is 29.3 Å². The fourth-order valence-corrected chi connectivity index (χ4v) is 5.25. The number of amides is 1. The summed E-state index contributed by atoms with van der Waals surface area (Å²) in [5, 5.41) is 10.8. The smallest absolute Gasteiger partial charge is 0.384 e. The summed E-state index contributed by atoms with van der Waals surface area (Å²) in [5.74, 6) is -0.0720. The van der Waals surface area contributed by atoms with E-state index in [2.05, 4.69) is 4.98 Å². The molecule has 1 aromatic heterocycles. The Labute approximate surface area is 181 Å². The van der Waals surface area contributed by atoms with Gasteiger partial charge in [0, 0.05) is 55.7 Å². The fourth-order valence-electron chi connectivity index (χ4n) is 4.73. The van der Waals surface area contributed by atoms with Crippen LogP contribution in [-0.4, -0.2) is 55.7 Å². The number of ether oxygens (including phenoxy) is 1. The molecule has 0 spiro atoms. The van der Waals surface area contributed by atoms with Crippen LogP contribution in [0.15, 0.2) is 29.1 Å². The average Bonchev–Trinajstić information content (AvgIpc) is 3.40. The van der Waals surface area contributed by atoms with E-state index in [1.54, 1.807) is 35.0 Å². The van der Waals surface area contributed by atoms with E-state index in [0.29, 0.717) is 50.6 Å². The van der Waals surface area contributed by atoms with Gasteiger partial charge in [-0.05, 0) is 24.6 Å². The van der Waals surface area contributed by atoms with Gasteiger partial charge in [-0.2, -0.15) is 18.4 Å². The van der Waals surface area contributed by atoms with Gasteiger partial charge in [0.15, 0.2) is 0 Å². The molecule has 0 saturated carbocycles. The first-order valence-corrected chi connectivity index (χ1v) is 10.7. The van der Waals surface area contributed by atoms with Crippen molar-refractivity contribution in [3.05, 3.63) is 45.9 Å². The molecule has 2 aromatic rings. The van der Waals surface area contributed by atoms with E-state index in [4.69, 9.17) is 10.00 Å². The van der Waals surface area contributed by atoms with Gasteiger partial charge in [-0.3, -0.25) is 4.79 Å². The third-order valence-corrected chi connectivity index (χ3v) is 6.88. The summed E-state index contributed by atoms with van der Waals surface area (Å²) < 4.78 is 45.8. The minimum Gasteiger partial charge on any atom is -0.384 e. The number of aromatic nitrogens is 1. The number of thiazole rings is 1. The number of hydrogen-bond donors (Lipinski definition) is 0. The average molecular weight is 450 g/mol. The van der Waals surface area contributed by atoms with Crippen molar-refractivity contribution in [1.29, 1.82) is 5.26 Å². The summed E-state index contributed by atoms with van der Waals surface area (Å²) >= 11 is 1.36. The van der Waals surface area contributed by atoms with Crippen LogP contribution in [0.25, 0.3) is 0 Å². The second-order valence-corrected chi connectivity index (χ2v) is 8.81. The predicted molar refractivity (Wildman–Crippen MR) is 109 cm³/mol. The first-order chi connectivity index (χ1) is 14.8. The molecule has 2 atom stereocenters. The number of fused-ring (bicyclic) bond motifs is 1. The molecule has 10 heteroatoms. The predicted octanol–water partition coefficient (Wildman–Crippen LogP) is 3.65. The van der Waals surface area contributed by atoms with E-state index in [-0.39, 0.29) is 22.8 Å². The molecule has 0 bridgehead atoms. The number of halogens is 3. The summed E-state index contributed by atoms with van der Waals surface area (Å²) in [6, 6.07) is 5.45. The SMILES string of the molecule is COC[C@@]12CCN(C(=O)c3cscn3)C[C@@H]1CN(c1ccc(C#N)c(C(F)(F)F)c1)C2. The normalized spacial score (nSPS) is 23.5. The molecule has 4 rings (SSSR count). The highest BCUT2D eigenvalue weighted by molar-refractivity contribution is 7.07. The molecular weight excluding hydrogens is 429 g/mol. The van der Waals surface area contributed by atoms with Gasteiger partial charge >= 0.3 is 6.18 Å². The van der Waals surface area contributed by atoms with Crippen LogP contribution in [0.4, 0.5) is 18.9 Å². The van der Waals surface area contributed by atoms with Gasteiger partial charge in [0.2, 0.25) is 0 Å². The minimum absolute atomic E-state index is 0.0498. The molecule has 6 nitrogen and oxygen atoms in total.